The smallest absolute Gasteiger partial charge is 0.124 e. The minimum atomic E-state index is -0.223. The van der Waals surface area contributed by atoms with E-state index in [4.69, 9.17) is 4.74 Å². The largest absolute Gasteiger partial charge is 0.381 e. The fraction of sp³-hybridized carbons (Fsp3) is 0.455. The van der Waals surface area contributed by atoms with Gasteiger partial charge in [0.25, 0.3) is 0 Å². The third kappa shape index (κ3) is 2.92. The van der Waals surface area contributed by atoms with Gasteiger partial charge in [0.2, 0.25) is 0 Å². The van der Waals surface area contributed by atoms with Crippen LogP contribution in [0.3, 0.4) is 0 Å². The van der Waals surface area contributed by atoms with Gasteiger partial charge in [0, 0.05) is 29.4 Å². The van der Waals surface area contributed by atoms with E-state index < -0.39 is 0 Å². The summed E-state index contributed by atoms with van der Waals surface area (Å²) >= 11 is 3.34. The van der Waals surface area contributed by atoms with E-state index in [1.807, 2.05) is 0 Å². The summed E-state index contributed by atoms with van der Waals surface area (Å²) < 4.78 is 18.9. The second-order valence-electron chi connectivity index (χ2n) is 3.66. The topological polar surface area (TPSA) is 21.3 Å². The van der Waals surface area contributed by atoms with Crippen LogP contribution < -0.4 is 5.32 Å². The number of hydrogen-bond acceptors (Lipinski definition) is 2. The second kappa shape index (κ2) is 4.94. The Bertz CT molecular complexity index is 339. The lowest BCUT2D eigenvalue weighted by Crippen LogP contribution is -2.27. The van der Waals surface area contributed by atoms with E-state index in [2.05, 4.69) is 21.2 Å². The van der Waals surface area contributed by atoms with Crippen LogP contribution in [0, 0.1) is 5.82 Å². The van der Waals surface area contributed by atoms with Crippen LogP contribution in [0.25, 0.3) is 0 Å². The van der Waals surface area contributed by atoms with Crippen molar-refractivity contribution in [2.75, 3.05) is 18.5 Å². The monoisotopic (exact) mass is 273 g/mol. The fourth-order valence-corrected chi connectivity index (χ4v) is 2.13. The first-order valence-electron chi connectivity index (χ1n) is 5.05. The molecule has 0 aliphatic carbocycles. The molecule has 4 heteroatoms. The average Bonchev–Trinajstić information content (AvgIpc) is 2.24. The molecule has 1 heterocycles. The molecule has 0 bridgehead atoms. The highest BCUT2D eigenvalue weighted by molar-refractivity contribution is 9.10. The number of halogens is 2. The van der Waals surface area contributed by atoms with Crippen molar-refractivity contribution in [3.63, 3.8) is 0 Å². The number of anilines is 1. The standard InChI is InChI=1S/C11H13BrFNO/c12-10-7-8(13)1-2-11(10)14-9-3-5-15-6-4-9/h1-2,7,9,14H,3-6H2. The predicted molar refractivity (Wildman–Crippen MR) is 61.6 cm³/mol. The molecule has 2 nitrogen and oxygen atoms in total. The average molecular weight is 274 g/mol. The minimum absolute atomic E-state index is 0.223. The summed E-state index contributed by atoms with van der Waals surface area (Å²) in [5.41, 5.74) is 0.948. The molecule has 0 spiro atoms. The molecule has 0 atom stereocenters. The lowest BCUT2D eigenvalue weighted by atomic mass is 10.1. The van der Waals surface area contributed by atoms with E-state index in [-0.39, 0.29) is 5.82 Å². The molecule has 0 amide bonds. The molecule has 1 saturated heterocycles. The molecule has 0 unspecified atom stereocenters. The van der Waals surface area contributed by atoms with Gasteiger partial charge in [0.15, 0.2) is 0 Å². The quantitative estimate of drug-likeness (QED) is 0.894. The summed E-state index contributed by atoms with van der Waals surface area (Å²) in [5, 5.41) is 3.38. The Morgan fingerprint density at radius 2 is 2.07 bits per heavy atom. The van der Waals surface area contributed by atoms with Crippen LogP contribution in [0.15, 0.2) is 22.7 Å². The highest BCUT2D eigenvalue weighted by atomic mass is 79.9. The molecule has 82 valence electrons. The van der Waals surface area contributed by atoms with Gasteiger partial charge in [-0.05, 0) is 47.0 Å². The summed E-state index contributed by atoms with van der Waals surface area (Å²) in [4.78, 5) is 0. The number of rotatable bonds is 2. The lowest BCUT2D eigenvalue weighted by Gasteiger charge is -2.24. The molecule has 0 radical (unpaired) electrons. The lowest BCUT2D eigenvalue weighted by molar-refractivity contribution is 0.0904. The van der Waals surface area contributed by atoms with E-state index in [1.165, 1.54) is 12.1 Å². The van der Waals surface area contributed by atoms with Crippen molar-refractivity contribution in [1.29, 1.82) is 0 Å². The Hall–Kier alpha value is -0.610. The minimum Gasteiger partial charge on any atom is -0.381 e. The van der Waals surface area contributed by atoms with Crippen LogP contribution in [-0.2, 0) is 4.74 Å². The molecule has 1 aliphatic heterocycles. The Labute approximate surface area is 96.9 Å². The molecule has 1 N–H and O–H groups in total. The fourth-order valence-electron chi connectivity index (χ4n) is 1.67. The number of nitrogens with one attached hydrogen (secondary N) is 1. The summed E-state index contributed by atoms with van der Waals surface area (Å²) in [6.07, 6.45) is 2.01. The van der Waals surface area contributed by atoms with Crippen LogP contribution in [0.2, 0.25) is 0 Å². The summed E-state index contributed by atoms with van der Waals surface area (Å²) in [6, 6.07) is 5.13. The normalized spacial score (nSPS) is 17.7. The van der Waals surface area contributed by atoms with E-state index in [0.717, 1.165) is 36.2 Å². The molecule has 1 aromatic rings. The molecule has 1 aromatic carbocycles. The van der Waals surface area contributed by atoms with E-state index in [1.54, 1.807) is 6.07 Å². The molecule has 1 fully saturated rings. The van der Waals surface area contributed by atoms with Crippen LogP contribution in [-0.4, -0.2) is 19.3 Å². The maximum absolute atomic E-state index is 12.8. The van der Waals surface area contributed by atoms with Gasteiger partial charge in [-0.2, -0.15) is 0 Å². The number of hydrogen-bond donors (Lipinski definition) is 1. The third-order valence-corrected chi connectivity index (χ3v) is 3.17. The van der Waals surface area contributed by atoms with Gasteiger partial charge in [-0.15, -0.1) is 0 Å². The van der Waals surface area contributed by atoms with Crippen molar-refractivity contribution in [3.05, 3.63) is 28.5 Å². The van der Waals surface area contributed by atoms with Gasteiger partial charge in [0.1, 0.15) is 5.82 Å². The molecular weight excluding hydrogens is 261 g/mol. The zero-order chi connectivity index (χ0) is 10.7. The summed E-state index contributed by atoms with van der Waals surface area (Å²) in [6.45, 7) is 1.60. The van der Waals surface area contributed by atoms with E-state index in [9.17, 15) is 4.39 Å². The summed E-state index contributed by atoms with van der Waals surface area (Å²) in [7, 11) is 0. The summed E-state index contributed by atoms with van der Waals surface area (Å²) in [5.74, 6) is -0.223. The van der Waals surface area contributed by atoms with E-state index in [0.29, 0.717) is 6.04 Å². The van der Waals surface area contributed by atoms with Gasteiger partial charge in [-0.3, -0.25) is 0 Å². The first-order valence-corrected chi connectivity index (χ1v) is 5.84. The zero-order valence-electron chi connectivity index (χ0n) is 8.30. The number of ether oxygens (including phenoxy) is 1. The van der Waals surface area contributed by atoms with Crippen molar-refractivity contribution in [1.82, 2.24) is 0 Å². The predicted octanol–water partition coefficient (Wildman–Crippen LogP) is 3.18. The molecule has 0 saturated carbocycles. The zero-order valence-corrected chi connectivity index (χ0v) is 9.89. The van der Waals surface area contributed by atoms with Crippen molar-refractivity contribution >= 4 is 21.6 Å². The molecular formula is C11H13BrFNO. The Morgan fingerprint density at radius 3 is 2.73 bits per heavy atom. The van der Waals surface area contributed by atoms with Crippen molar-refractivity contribution in [2.45, 2.75) is 18.9 Å². The molecule has 1 aliphatic rings. The Balaban J connectivity index is 2.03. The highest BCUT2D eigenvalue weighted by Gasteiger charge is 2.14. The Morgan fingerprint density at radius 1 is 1.33 bits per heavy atom. The van der Waals surface area contributed by atoms with Crippen LogP contribution >= 0.6 is 15.9 Å². The SMILES string of the molecule is Fc1ccc(NC2CCOCC2)c(Br)c1. The second-order valence-corrected chi connectivity index (χ2v) is 4.51. The van der Waals surface area contributed by atoms with Crippen molar-refractivity contribution in [3.8, 4) is 0 Å². The van der Waals surface area contributed by atoms with Gasteiger partial charge in [0.05, 0.1) is 0 Å². The molecule has 2 rings (SSSR count). The maximum atomic E-state index is 12.8. The Kier molecular flexibility index (Phi) is 3.59. The van der Waals surface area contributed by atoms with Crippen LogP contribution in [0.5, 0.6) is 0 Å². The first-order chi connectivity index (χ1) is 7.25. The van der Waals surface area contributed by atoms with Crippen molar-refractivity contribution < 1.29 is 9.13 Å². The van der Waals surface area contributed by atoms with E-state index >= 15 is 0 Å². The molecule has 15 heavy (non-hydrogen) atoms. The van der Waals surface area contributed by atoms with Crippen LogP contribution in [0.4, 0.5) is 10.1 Å². The van der Waals surface area contributed by atoms with Gasteiger partial charge in [-0.25, -0.2) is 4.39 Å². The third-order valence-electron chi connectivity index (χ3n) is 2.51. The maximum Gasteiger partial charge on any atom is 0.124 e. The van der Waals surface area contributed by atoms with Gasteiger partial charge >= 0.3 is 0 Å². The first kappa shape index (κ1) is 10.9. The van der Waals surface area contributed by atoms with Crippen molar-refractivity contribution in [2.24, 2.45) is 0 Å². The van der Waals surface area contributed by atoms with Gasteiger partial charge in [-0.1, -0.05) is 0 Å². The molecule has 0 aromatic heterocycles. The highest BCUT2D eigenvalue weighted by Crippen LogP contribution is 2.25. The van der Waals surface area contributed by atoms with Gasteiger partial charge < -0.3 is 10.1 Å². The number of benzene rings is 1. The van der Waals surface area contributed by atoms with Crippen LogP contribution in [0.1, 0.15) is 12.8 Å².